The van der Waals surface area contributed by atoms with E-state index in [9.17, 15) is 4.79 Å². The van der Waals surface area contributed by atoms with Crippen LogP contribution in [-0.4, -0.2) is 15.5 Å². The lowest BCUT2D eigenvalue weighted by Gasteiger charge is -2.04. The molecule has 0 bridgehead atoms. The van der Waals surface area contributed by atoms with Crippen LogP contribution in [0.2, 0.25) is 0 Å². The predicted molar refractivity (Wildman–Crippen MR) is 59.3 cm³/mol. The molecular formula is C10H8ClN3O2. The summed E-state index contributed by atoms with van der Waals surface area (Å²) in [5, 5.41) is 5.60. The standard InChI is InChI=1S/C10H8ClN3O2/c1-6-12-9(14-16-6)7-4-2-3-5-8(7)13-10(11)15/h2-5H,1H3,(H,13,15). The van der Waals surface area contributed by atoms with Crippen LogP contribution in [0, 0.1) is 6.92 Å². The molecule has 0 spiro atoms. The van der Waals surface area contributed by atoms with Crippen LogP contribution in [0.5, 0.6) is 0 Å². The quantitative estimate of drug-likeness (QED) is 0.644. The molecule has 6 heteroatoms. The summed E-state index contributed by atoms with van der Waals surface area (Å²) in [5.41, 5.74) is 1.21. The molecule has 0 radical (unpaired) electrons. The Hall–Kier alpha value is -1.88. The van der Waals surface area contributed by atoms with Gasteiger partial charge in [0.2, 0.25) is 11.7 Å². The van der Waals surface area contributed by atoms with Crippen molar-refractivity contribution < 1.29 is 9.32 Å². The molecule has 82 valence electrons. The molecule has 1 heterocycles. The summed E-state index contributed by atoms with van der Waals surface area (Å²) in [6, 6.07) is 7.07. The molecule has 0 fully saturated rings. The number of aryl methyl sites for hydroxylation is 1. The number of nitrogens with one attached hydrogen (secondary N) is 1. The molecule has 1 aromatic carbocycles. The summed E-state index contributed by atoms with van der Waals surface area (Å²) in [7, 11) is 0. The first-order chi connectivity index (χ1) is 7.66. The number of aromatic nitrogens is 2. The van der Waals surface area contributed by atoms with Crippen molar-refractivity contribution in [2.24, 2.45) is 0 Å². The number of amides is 1. The van der Waals surface area contributed by atoms with Gasteiger partial charge in [-0.1, -0.05) is 17.3 Å². The number of para-hydroxylation sites is 1. The first-order valence-corrected chi connectivity index (χ1v) is 4.91. The Morgan fingerprint density at radius 3 is 2.81 bits per heavy atom. The van der Waals surface area contributed by atoms with Gasteiger partial charge in [-0.3, -0.25) is 4.79 Å². The SMILES string of the molecule is Cc1nc(-c2ccccc2NC(=O)Cl)no1. The highest BCUT2D eigenvalue weighted by atomic mass is 35.5. The van der Waals surface area contributed by atoms with Crippen LogP contribution in [0.3, 0.4) is 0 Å². The molecule has 2 aromatic rings. The van der Waals surface area contributed by atoms with Gasteiger partial charge in [-0.2, -0.15) is 4.98 Å². The number of benzene rings is 1. The highest BCUT2D eigenvalue weighted by molar-refractivity contribution is 6.65. The Balaban J connectivity index is 2.43. The van der Waals surface area contributed by atoms with Gasteiger partial charge in [0, 0.05) is 12.5 Å². The zero-order valence-corrected chi connectivity index (χ0v) is 9.15. The third-order valence-electron chi connectivity index (χ3n) is 1.93. The van der Waals surface area contributed by atoms with Crippen molar-refractivity contribution in [3.8, 4) is 11.4 Å². The van der Waals surface area contributed by atoms with Crippen molar-refractivity contribution in [2.75, 3.05) is 5.32 Å². The molecule has 2 rings (SSSR count). The number of hydrogen-bond acceptors (Lipinski definition) is 4. The molecule has 0 aliphatic rings. The van der Waals surface area contributed by atoms with E-state index in [4.69, 9.17) is 16.1 Å². The van der Waals surface area contributed by atoms with Gasteiger partial charge in [0.1, 0.15) is 0 Å². The molecule has 0 atom stereocenters. The summed E-state index contributed by atoms with van der Waals surface area (Å²) in [4.78, 5) is 14.9. The molecule has 0 aliphatic heterocycles. The van der Waals surface area contributed by atoms with Gasteiger partial charge in [0.15, 0.2) is 0 Å². The van der Waals surface area contributed by atoms with Crippen molar-refractivity contribution in [3.63, 3.8) is 0 Å². The van der Waals surface area contributed by atoms with E-state index in [-0.39, 0.29) is 0 Å². The summed E-state index contributed by atoms with van der Waals surface area (Å²) in [6.07, 6.45) is 0. The van der Waals surface area contributed by atoms with Crippen molar-refractivity contribution in [1.29, 1.82) is 0 Å². The maximum atomic E-state index is 10.8. The van der Waals surface area contributed by atoms with Crippen molar-refractivity contribution in [1.82, 2.24) is 10.1 Å². The number of halogens is 1. The summed E-state index contributed by atoms with van der Waals surface area (Å²) < 4.78 is 4.87. The topological polar surface area (TPSA) is 68.0 Å². The Morgan fingerprint density at radius 1 is 1.44 bits per heavy atom. The second-order valence-corrected chi connectivity index (χ2v) is 3.42. The molecule has 5 nitrogen and oxygen atoms in total. The van der Waals surface area contributed by atoms with Crippen molar-refractivity contribution >= 4 is 22.7 Å². The Kier molecular flexibility index (Phi) is 2.87. The van der Waals surface area contributed by atoms with E-state index in [0.717, 1.165) is 0 Å². The third kappa shape index (κ3) is 2.20. The van der Waals surface area contributed by atoms with Gasteiger partial charge in [0.05, 0.1) is 5.69 Å². The lowest BCUT2D eigenvalue weighted by molar-refractivity contribution is 0.269. The molecule has 0 unspecified atom stereocenters. The molecular weight excluding hydrogens is 230 g/mol. The van der Waals surface area contributed by atoms with E-state index in [1.54, 1.807) is 25.1 Å². The summed E-state index contributed by atoms with van der Waals surface area (Å²) in [5.74, 6) is 0.875. The highest BCUT2D eigenvalue weighted by Crippen LogP contribution is 2.25. The molecule has 1 N–H and O–H groups in total. The van der Waals surface area contributed by atoms with Crippen molar-refractivity contribution in [2.45, 2.75) is 6.92 Å². The minimum atomic E-state index is -0.660. The number of carbonyl (C=O) groups is 1. The van der Waals surface area contributed by atoms with Gasteiger partial charge in [-0.05, 0) is 23.7 Å². The van der Waals surface area contributed by atoms with Gasteiger partial charge < -0.3 is 9.84 Å². The normalized spacial score (nSPS) is 10.1. The maximum Gasteiger partial charge on any atom is 0.318 e. The second kappa shape index (κ2) is 4.32. The van der Waals surface area contributed by atoms with Crippen LogP contribution in [-0.2, 0) is 0 Å². The monoisotopic (exact) mass is 237 g/mol. The third-order valence-corrected chi connectivity index (χ3v) is 2.02. The number of hydrogen-bond donors (Lipinski definition) is 1. The zero-order valence-electron chi connectivity index (χ0n) is 8.40. The van der Waals surface area contributed by atoms with E-state index in [2.05, 4.69) is 15.5 Å². The van der Waals surface area contributed by atoms with Gasteiger partial charge in [0.25, 0.3) is 0 Å². The van der Waals surface area contributed by atoms with Crippen LogP contribution in [0.15, 0.2) is 28.8 Å². The van der Waals surface area contributed by atoms with Crippen LogP contribution in [0.25, 0.3) is 11.4 Å². The van der Waals surface area contributed by atoms with Crippen LogP contribution in [0.1, 0.15) is 5.89 Å². The second-order valence-electron chi connectivity index (χ2n) is 3.08. The molecule has 1 amide bonds. The highest BCUT2D eigenvalue weighted by Gasteiger charge is 2.11. The average Bonchev–Trinajstić information content (AvgIpc) is 2.65. The first kappa shape index (κ1) is 10.6. The summed E-state index contributed by atoms with van der Waals surface area (Å²) >= 11 is 5.26. The molecule has 16 heavy (non-hydrogen) atoms. The Labute approximate surface area is 96.4 Å². The largest absolute Gasteiger partial charge is 0.339 e. The fourth-order valence-electron chi connectivity index (χ4n) is 1.30. The molecule has 0 saturated heterocycles. The van der Waals surface area contributed by atoms with E-state index in [1.807, 2.05) is 6.07 Å². The van der Waals surface area contributed by atoms with Gasteiger partial charge in [-0.25, -0.2) is 0 Å². The minimum absolute atomic E-state index is 0.415. The van der Waals surface area contributed by atoms with Crippen LogP contribution in [0.4, 0.5) is 10.5 Å². The Morgan fingerprint density at radius 2 is 2.19 bits per heavy atom. The predicted octanol–water partition coefficient (Wildman–Crippen LogP) is 2.82. The fourth-order valence-corrected chi connectivity index (χ4v) is 1.40. The van der Waals surface area contributed by atoms with E-state index in [0.29, 0.717) is 23.0 Å². The molecule has 0 saturated carbocycles. The summed E-state index contributed by atoms with van der Waals surface area (Å²) in [6.45, 7) is 1.69. The van der Waals surface area contributed by atoms with Gasteiger partial charge >= 0.3 is 5.37 Å². The lowest BCUT2D eigenvalue weighted by Crippen LogP contribution is -2.02. The van der Waals surface area contributed by atoms with E-state index >= 15 is 0 Å². The first-order valence-electron chi connectivity index (χ1n) is 4.53. The number of nitrogens with zero attached hydrogens (tertiary/aromatic N) is 2. The number of carbonyl (C=O) groups excluding carboxylic acids is 1. The minimum Gasteiger partial charge on any atom is -0.339 e. The Bertz CT molecular complexity index is 524. The number of rotatable bonds is 2. The zero-order chi connectivity index (χ0) is 11.5. The molecule has 1 aromatic heterocycles. The van der Waals surface area contributed by atoms with Crippen LogP contribution >= 0.6 is 11.6 Å². The fraction of sp³-hybridized carbons (Fsp3) is 0.100. The molecule has 0 aliphatic carbocycles. The lowest BCUT2D eigenvalue weighted by atomic mass is 10.1. The average molecular weight is 238 g/mol. The van der Waals surface area contributed by atoms with E-state index < -0.39 is 5.37 Å². The smallest absolute Gasteiger partial charge is 0.318 e. The van der Waals surface area contributed by atoms with Gasteiger partial charge in [-0.15, -0.1) is 0 Å². The van der Waals surface area contributed by atoms with Crippen molar-refractivity contribution in [3.05, 3.63) is 30.2 Å². The van der Waals surface area contributed by atoms with Crippen LogP contribution < -0.4 is 5.32 Å². The maximum absolute atomic E-state index is 10.8. The number of anilines is 1. The van der Waals surface area contributed by atoms with E-state index in [1.165, 1.54) is 0 Å².